The molecule has 0 aromatic carbocycles. The summed E-state index contributed by atoms with van der Waals surface area (Å²) in [7, 11) is 0. The van der Waals surface area contributed by atoms with Gasteiger partial charge in [-0.05, 0) is 48.9 Å². The molecule has 0 heterocycles. The molecule has 2 fully saturated rings. The van der Waals surface area contributed by atoms with Gasteiger partial charge in [-0.25, -0.2) is 0 Å². The average Bonchev–Trinajstić information content (AvgIpc) is 2.34. The summed E-state index contributed by atoms with van der Waals surface area (Å²) >= 11 is 0. The lowest BCUT2D eigenvalue weighted by atomic mass is 9.62. The Hall–Kier alpha value is -0.0800. The zero-order valence-electron chi connectivity index (χ0n) is 12.5. The molecular formula is C16H32N2. The zero-order chi connectivity index (χ0) is 13.2. The molecule has 106 valence electrons. The van der Waals surface area contributed by atoms with Crippen molar-refractivity contribution in [1.29, 1.82) is 0 Å². The summed E-state index contributed by atoms with van der Waals surface area (Å²) in [6.45, 7) is 7.30. The minimum atomic E-state index is 0.471. The van der Waals surface area contributed by atoms with Crippen molar-refractivity contribution >= 4 is 0 Å². The van der Waals surface area contributed by atoms with E-state index in [-0.39, 0.29) is 0 Å². The third-order valence-corrected chi connectivity index (χ3v) is 5.78. The second-order valence-corrected chi connectivity index (χ2v) is 7.55. The molecular weight excluding hydrogens is 220 g/mol. The predicted molar refractivity (Wildman–Crippen MR) is 78.0 cm³/mol. The van der Waals surface area contributed by atoms with Gasteiger partial charge in [0, 0.05) is 6.04 Å². The Bertz CT molecular complexity index is 254. The highest BCUT2D eigenvalue weighted by Gasteiger charge is 2.40. The van der Waals surface area contributed by atoms with Crippen LogP contribution in [0.4, 0.5) is 0 Å². The largest absolute Gasteiger partial charge is 0.271 e. The van der Waals surface area contributed by atoms with E-state index in [9.17, 15) is 0 Å². The second kappa shape index (κ2) is 5.92. The van der Waals surface area contributed by atoms with Crippen LogP contribution in [0.3, 0.4) is 0 Å². The number of nitrogens with two attached hydrogens (primary N) is 1. The van der Waals surface area contributed by atoms with Crippen LogP contribution in [-0.4, -0.2) is 6.04 Å². The predicted octanol–water partition coefficient (Wildman–Crippen LogP) is 3.86. The lowest BCUT2D eigenvalue weighted by Crippen LogP contribution is -2.52. The normalized spacial score (nSPS) is 38.3. The molecule has 0 aromatic heterocycles. The van der Waals surface area contributed by atoms with E-state index in [1.54, 1.807) is 0 Å². The zero-order valence-corrected chi connectivity index (χ0v) is 12.5. The van der Waals surface area contributed by atoms with E-state index in [4.69, 9.17) is 5.84 Å². The van der Waals surface area contributed by atoms with Crippen molar-refractivity contribution < 1.29 is 0 Å². The minimum absolute atomic E-state index is 0.471. The Morgan fingerprint density at radius 3 is 2.28 bits per heavy atom. The van der Waals surface area contributed by atoms with E-state index in [0.717, 1.165) is 17.8 Å². The fourth-order valence-electron chi connectivity index (χ4n) is 4.41. The first-order valence-corrected chi connectivity index (χ1v) is 8.00. The first kappa shape index (κ1) is 14.3. The fraction of sp³-hybridized carbons (Fsp3) is 1.00. The van der Waals surface area contributed by atoms with E-state index in [1.807, 2.05) is 0 Å². The SMILES string of the molecule is CC1CCC(C(NN)C2CCCCC2(C)C)CC1. The molecule has 2 aliphatic carbocycles. The topological polar surface area (TPSA) is 38.0 Å². The number of nitrogens with one attached hydrogen (secondary N) is 1. The molecule has 2 atom stereocenters. The van der Waals surface area contributed by atoms with E-state index < -0.39 is 0 Å². The lowest BCUT2D eigenvalue weighted by molar-refractivity contribution is 0.0586. The van der Waals surface area contributed by atoms with Gasteiger partial charge in [0.2, 0.25) is 0 Å². The van der Waals surface area contributed by atoms with Gasteiger partial charge in [-0.2, -0.15) is 0 Å². The van der Waals surface area contributed by atoms with E-state index in [0.29, 0.717) is 11.5 Å². The third kappa shape index (κ3) is 3.08. The second-order valence-electron chi connectivity index (χ2n) is 7.55. The highest BCUT2D eigenvalue weighted by atomic mass is 15.2. The Morgan fingerprint density at radius 1 is 1.06 bits per heavy atom. The van der Waals surface area contributed by atoms with E-state index >= 15 is 0 Å². The van der Waals surface area contributed by atoms with Gasteiger partial charge in [0.15, 0.2) is 0 Å². The number of hydrogen-bond acceptors (Lipinski definition) is 2. The molecule has 3 N–H and O–H groups in total. The number of hydrogen-bond donors (Lipinski definition) is 2. The van der Waals surface area contributed by atoms with Gasteiger partial charge in [0.1, 0.15) is 0 Å². The van der Waals surface area contributed by atoms with Crippen LogP contribution in [0.5, 0.6) is 0 Å². The summed E-state index contributed by atoms with van der Waals surface area (Å²) in [6.07, 6.45) is 11.1. The molecule has 2 aliphatic rings. The van der Waals surface area contributed by atoms with Crippen LogP contribution in [-0.2, 0) is 0 Å². The Balaban J connectivity index is 2.03. The molecule has 2 heteroatoms. The Labute approximate surface area is 113 Å². The van der Waals surface area contributed by atoms with E-state index in [1.165, 1.54) is 51.4 Å². The molecule has 0 aromatic rings. The van der Waals surface area contributed by atoms with Gasteiger partial charge in [-0.3, -0.25) is 11.3 Å². The van der Waals surface area contributed by atoms with Crippen molar-refractivity contribution in [2.45, 2.75) is 78.2 Å². The molecule has 0 spiro atoms. The standard InChI is InChI=1S/C16H32N2/c1-12-7-9-13(10-8-12)15(18-17)14-6-4-5-11-16(14,2)3/h12-15,18H,4-11,17H2,1-3H3. The summed E-state index contributed by atoms with van der Waals surface area (Å²) < 4.78 is 0. The summed E-state index contributed by atoms with van der Waals surface area (Å²) in [4.78, 5) is 0. The molecule has 2 rings (SSSR count). The summed E-state index contributed by atoms with van der Waals surface area (Å²) in [5.74, 6) is 8.46. The Morgan fingerprint density at radius 2 is 1.72 bits per heavy atom. The summed E-state index contributed by atoms with van der Waals surface area (Å²) in [6, 6.07) is 0.549. The van der Waals surface area contributed by atoms with Gasteiger partial charge in [-0.15, -0.1) is 0 Å². The van der Waals surface area contributed by atoms with Crippen LogP contribution in [0, 0.1) is 23.2 Å². The molecule has 0 saturated heterocycles. The first-order chi connectivity index (χ1) is 8.54. The molecule has 0 amide bonds. The maximum absolute atomic E-state index is 5.94. The van der Waals surface area contributed by atoms with Gasteiger partial charge in [0.05, 0.1) is 0 Å². The van der Waals surface area contributed by atoms with Crippen LogP contribution in [0.1, 0.15) is 72.1 Å². The number of rotatable bonds is 3. The van der Waals surface area contributed by atoms with Crippen LogP contribution in [0.2, 0.25) is 0 Å². The van der Waals surface area contributed by atoms with Gasteiger partial charge < -0.3 is 0 Å². The van der Waals surface area contributed by atoms with Crippen molar-refractivity contribution in [2.75, 3.05) is 0 Å². The molecule has 2 nitrogen and oxygen atoms in total. The fourth-order valence-corrected chi connectivity index (χ4v) is 4.41. The van der Waals surface area contributed by atoms with Crippen LogP contribution in [0.25, 0.3) is 0 Å². The summed E-state index contributed by atoms with van der Waals surface area (Å²) in [5.41, 5.74) is 3.68. The highest BCUT2D eigenvalue weighted by molar-refractivity contribution is 4.93. The van der Waals surface area contributed by atoms with Crippen molar-refractivity contribution in [1.82, 2.24) is 5.43 Å². The van der Waals surface area contributed by atoms with Crippen LogP contribution >= 0.6 is 0 Å². The maximum atomic E-state index is 5.94. The van der Waals surface area contributed by atoms with Crippen LogP contribution < -0.4 is 11.3 Å². The van der Waals surface area contributed by atoms with Crippen LogP contribution in [0.15, 0.2) is 0 Å². The van der Waals surface area contributed by atoms with Crippen molar-refractivity contribution in [3.8, 4) is 0 Å². The molecule has 2 unspecified atom stereocenters. The molecule has 2 saturated carbocycles. The molecule has 0 radical (unpaired) electrons. The summed E-state index contributed by atoms with van der Waals surface area (Å²) in [5, 5.41) is 0. The quantitative estimate of drug-likeness (QED) is 0.591. The average molecular weight is 252 g/mol. The maximum Gasteiger partial charge on any atom is 0.0272 e. The van der Waals surface area contributed by atoms with Gasteiger partial charge in [-0.1, -0.05) is 46.5 Å². The monoisotopic (exact) mass is 252 g/mol. The third-order valence-electron chi connectivity index (χ3n) is 5.78. The smallest absolute Gasteiger partial charge is 0.0272 e. The van der Waals surface area contributed by atoms with Crippen molar-refractivity contribution in [3.63, 3.8) is 0 Å². The highest BCUT2D eigenvalue weighted by Crippen LogP contribution is 2.45. The van der Waals surface area contributed by atoms with Crippen molar-refractivity contribution in [3.05, 3.63) is 0 Å². The first-order valence-electron chi connectivity index (χ1n) is 8.00. The lowest BCUT2D eigenvalue weighted by Gasteiger charge is -2.46. The van der Waals surface area contributed by atoms with E-state index in [2.05, 4.69) is 26.2 Å². The Kier molecular flexibility index (Phi) is 4.71. The molecule has 18 heavy (non-hydrogen) atoms. The van der Waals surface area contributed by atoms with Gasteiger partial charge in [0.25, 0.3) is 0 Å². The molecule has 0 aliphatic heterocycles. The van der Waals surface area contributed by atoms with Crippen molar-refractivity contribution in [2.24, 2.45) is 29.0 Å². The van der Waals surface area contributed by atoms with Gasteiger partial charge >= 0.3 is 0 Å². The molecule has 0 bridgehead atoms. The minimum Gasteiger partial charge on any atom is -0.271 e. The number of hydrazine groups is 1.